The Hall–Kier alpha value is -0.200. The summed E-state index contributed by atoms with van der Waals surface area (Å²) in [6, 6.07) is 0.232. The third-order valence-corrected chi connectivity index (χ3v) is 3.91. The van der Waals surface area contributed by atoms with Gasteiger partial charge in [-0.2, -0.15) is 0 Å². The Kier molecular flexibility index (Phi) is 3.36. The quantitative estimate of drug-likeness (QED) is 0.764. The molecule has 3 heterocycles. The first-order valence-electron chi connectivity index (χ1n) is 6.41. The number of nitrogens with one attached hydrogen (secondary N) is 1. The molecule has 3 aliphatic heterocycles. The van der Waals surface area contributed by atoms with Crippen LogP contribution in [0.4, 0.5) is 0 Å². The van der Waals surface area contributed by atoms with E-state index >= 15 is 0 Å². The second-order valence-corrected chi connectivity index (χ2v) is 5.31. The lowest BCUT2D eigenvalue weighted by Crippen LogP contribution is -2.46. The van der Waals surface area contributed by atoms with Crippen LogP contribution in [0.5, 0.6) is 0 Å². The summed E-state index contributed by atoms with van der Waals surface area (Å²) in [7, 11) is 1.71. The molecule has 5 nitrogen and oxygen atoms in total. The minimum Gasteiger partial charge on any atom is -0.376 e. The maximum Gasteiger partial charge on any atom is 0.114 e. The van der Waals surface area contributed by atoms with Crippen molar-refractivity contribution in [2.75, 3.05) is 26.9 Å². The van der Waals surface area contributed by atoms with Gasteiger partial charge in [-0.25, -0.2) is 0 Å². The summed E-state index contributed by atoms with van der Waals surface area (Å²) in [5.74, 6) is 0.641. The van der Waals surface area contributed by atoms with Crippen molar-refractivity contribution in [2.45, 2.75) is 43.9 Å². The van der Waals surface area contributed by atoms with Crippen LogP contribution < -0.4 is 5.32 Å². The van der Waals surface area contributed by atoms with Gasteiger partial charge < -0.3 is 18.9 Å². The molecule has 98 valence electrons. The summed E-state index contributed by atoms with van der Waals surface area (Å²) >= 11 is 0. The van der Waals surface area contributed by atoms with Gasteiger partial charge in [0, 0.05) is 7.11 Å². The number of rotatable bonds is 3. The van der Waals surface area contributed by atoms with E-state index in [1.54, 1.807) is 7.11 Å². The predicted molar refractivity (Wildman–Crippen MR) is 60.7 cm³/mol. The average Bonchev–Trinajstić information content (AvgIpc) is 2.97. The van der Waals surface area contributed by atoms with E-state index < -0.39 is 0 Å². The molecule has 0 aliphatic carbocycles. The number of hydrogen-bond acceptors (Lipinski definition) is 5. The molecule has 3 rings (SSSR count). The summed E-state index contributed by atoms with van der Waals surface area (Å²) in [5, 5.41) is 3.50. The van der Waals surface area contributed by atoms with Crippen LogP contribution in [0.1, 0.15) is 13.3 Å². The zero-order valence-corrected chi connectivity index (χ0v) is 10.4. The van der Waals surface area contributed by atoms with Crippen LogP contribution >= 0.6 is 0 Å². The van der Waals surface area contributed by atoms with Crippen LogP contribution in [-0.4, -0.2) is 57.5 Å². The van der Waals surface area contributed by atoms with E-state index in [1.165, 1.54) is 0 Å². The lowest BCUT2D eigenvalue weighted by molar-refractivity contribution is -0.00997. The maximum atomic E-state index is 5.76. The van der Waals surface area contributed by atoms with E-state index in [9.17, 15) is 0 Å². The van der Waals surface area contributed by atoms with Crippen molar-refractivity contribution in [1.82, 2.24) is 5.32 Å². The summed E-state index contributed by atoms with van der Waals surface area (Å²) in [6.45, 7) is 4.37. The molecular weight excluding hydrogens is 222 g/mol. The second-order valence-electron chi connectivity index (χ2n) is 5.31. The van der Waals surface area contributed by atoms with Gasteiger partial charge in [-0.3, -0.25) is 5.32 Å². The van der Waals surface area contributed by atoms with Gasteiger partial charge in [0.1, 0.15) is 24.5 Å². The van der Waals surface area contributed by atoms with Crippen molar-refractivity contribution >= 4 is 0 Å². The number of methoxy groups -OCH3 is 1. The molecule has 6 unspecified atom stereocenters. The number of ether oxygens (including phenoxy) is 4. The molecule has 0 radical (unpaired) electrons. The predicted octanol–water partition coefficient (Wildman–Crippen LogP) is 0.140. The molecule has 0 aromatic heterocycles. The molecule has 0 spiro atoms. The standard InChI is InChI=1S/C12H21NO4/c1-7-3-10(15-4-7)13-8-5-16-12-9(14-2)6-17-11(8)12/h7-13H,3-6H2,1-2H3. The highest BCUT2D eigenvalue weighted by molar-refractivity contribution is 4.98. The van der Waals surface area contributed by atoms with Crippen molar-refractivity contribution in [3.05, 3.63) is 0 Å². The van der Waals surface area contributed by atoms with Gasteiger partial charge in [0.2, 0.25) is 0 Å². The molecule has 3 saturated heterocycles. The van der Waals surface area contributed by atoms with Crippen molar-refractivity contribution in [2.24, 2.45) is 5.92 Å². The largest absolute Gasteiger partial charge is 0.376 e. The second kappa shape index (κ2) is 4.82. The zero-order valence-electron chi connectivity index (χ0n) is 10.4. The van der Waals surface area contributed by atoms with Crippen LogP contribution in [-0.2, 0) is 18.9 Å². The third kappa shape index (κ3) is 2.22. The van der Waals surface area contributed by atoms with E-state index in [4.69, 9.17) is 18.9 Å². The van der Waals surface area contributed by atoms with E-state index in [-0.39, 0.29) is 30.6 Å². The van der Waals surface area contributed by atoms with Crippen LogP contribution in [0.3, 0.4) is 0 Å². The van der Waals surface area contributed by atoms with Crippen LogP contribution in [0.25, 0.3) is 0 Å². The van der Waals surface area contributed by atoms with Gasteiger partial charge in [-0.05, 0) is 12.3 Å². The first-order chi connectivity index (χ1) is 8.28. The highest BCUT2D eigenvalue weighted by atomic mass is 16.6. The Bertz CT molecular complexity index is 275. The molecule has 1 N–H and O–H groups in total. The molecule has 6 atom stereocenters. The van der Waals surface area contributed by atoms with Crippen LogP contribution in [0.2, 0.25) is 0 Å². The van der Waals surface area contributed by atoms with Crippen LogP contribution in [0.15, 0.2) is 0 Å². The zero-order chi connectivity index (χ0) is 11.8. The number of hydrogen-bond donors (Lipinski definition) is 1. The highest BCUT2D eigenvalue weighted by Gasteiger charge is 2.48. The molecule has 0 aromatic rings. The smallest absolute Gasteiger partial charge is 0.114 e. The van der Waals surface area contributed by atoms with Gasteiger partial charge in [-0.1, -0.05) is 6.92 Å². The van der Waals surface area contributed by atoms with Gasteiger partial charge in [0.15, 0.2) is 0 Å². The number of fused-ring (bicyclic) bond motifs is 1. The van der Waals surface area contributed by atoms with E-state index in [0.717, 1.165) is 13.0 Å². The fourth-order valence-corrected chi connectivity index (χ4v) is 2.95. The molecule has 3 aliphatic rings. The maximum absolute atomic E-state index is 5.76. The van der Waals surface area contributed by atoms with Crippen molar-refractivity contribution in [1.29, 1.82) is 0 Å². The third-order valence-electron chi connectivity index (χ3n) is 3.91. The Morgan fingerprint density at radius 3 is 2.59 bits per heavy atom. The molecular formula is C12H21NO4. The van der Waals surface area contributed by atoms with Gasteiger partial charge >= 0.3 is 0 Å². The Balaban J connectivity index is 1.55. The van der Waals surface area contributed by atoms with Crippen molar-refractivity contribution in [3.8, 4) is 0 Å². The fraction of sp³-hybridized carbons (Fsp3) is 1.00. The van der Waals surface area contributed by atoms with Gasteiger partial charge in [-0.15, -0.1) is 0 Å². The molecule has 5 heteroatoms. The Labute approximate surface area is 102 Å². The van der Waals surface area contributed by atoms with Crippen LogP contribution in [0, 0.1) is 5.92 Å². The molecule has 0 bridgehead atoms. The van der Waals surface area contributed by atoms with E-state index in [0.29, 0.717) is 19.1 Å². The topological polar surface area (TPSA) is 49.0 Å². The first-order valence-corrected chi connectivity index (χ1v) is 6.41. The lowest BCUT2D eigenvalue weighted by atomic mass is 10.1. The summed E-state index contributed by atoms with van der Waals surface area (Å²) < 4.78 is 22.6. The molecule has 0 aromatic carbocycles. The van der Waals surface area contributed by atoms with Crippen molar-refractivity contribution < 1.29 is 18.9 Å². The lowest BCUT2D eigenvalue weighted by Gasteiger charge is -2.21. The van der Waals surface area contributed by atoms with Gasteiger partial charge in [0.25, 0.3) is 0 Å². The summed E-state index contributed by atoms with van der Waals surface area (Å²) in [6.07, 6.45) is 1.50. The highest BCUT2D eigenvalue weighted by Crippen LogP contribution is 2.29. The van der Waals surface area contributed by atoms with E-state index in [2.05, 4.69) is 12.2 Å². The molecule has 0 saturated carbocycles. The Morgan fingerprint density at radius 2 is 1.88 bits per heavy atom. The Morgan fingerprint density at radius 1 is 1.06 bits per heavy atom. The summed E-state index contributed by atoms with van der Waals surface area (Å²) in [4.78, 5) is 0. The SMILES string of the molecule is COC1COC2C(NC3CC(C)CO3)COC12. The normalized spacial score (nSPS) is 49.8. The minimum atomic E-state index is 0.0789. The fourth-order valence-electron chi connectivity index (χ4n) is 2.95. The minimum absolute atomic E-state index is 0.0789. The first kappa shape index (κ1) is 11.9. The molecule has 3 fully saturated rings. The van der Waals surface area contributed by atoms with Crippen molar-refractivity contribution in [3.63, 3.8) is 0 Å². The van der Waals surface area contributed by atoms with E-state index in [1.807, 2.05) is 0 Å². The monoisotopic (exact) mass is 243 g/mol. The average molecular weight is 243 g/mol. The molecule has 0 amide bonds. The van der Waals surface area contributed by atoms with Gasteiger partial charge in [0.05, 0.1) is 25.9 Å². The molecule has 17 heavy (non-hydrogen) atoms. The summed E-state index contributed by atoms with van der Waals surface area (Å²) in [5.41, 5.74) is 0.